The minimum Gasteiger partial charge on any atom is -0.459 e. The number of fused-ring (bicyclic) bond motifs is 2. The summed E-state index contributed by atoms with van der Waals surface area (Å²) in [5.74, 6) is -1.40. The number of para-hydroxylation sites is 1. The molecule has 6 rings (SSSR count). The van der Waals surface area contributed by atoms with Crippen LogP contribution in [-0.4, -0.2) is 34.7 Å². The number of rotatable bonds is 18. The molecule has 272 valence electrons. The zero-order chi connectivity index (χ0) is 37.0. The average molecular weight is 729 g/mol. The lowest BCUT2D eigenvalue weighted by atomic mass is 9.99. The molecule has 0 aliphatic heterocycles. The van der Waals surface area contributed by atoms with Gasteiger partial charge in [0.05, 0.1) is 6.04 Å². The molecule has 1 heterocycles. The molecule has 4 atom stereocenters. The predicted molar refractivity (Wildman–Crippen MR) is 211 cm³/mol. The zero-order valence-electron chi connectivity index (χ0n) is 30.2. The van der Waals surface area contributed by atoms with E-state index in [0.29, 0.717) is 19.3 Å². The van der Waals surface area contributed by atoms with Gasteiger partial charge in [0.1, 0.15) is 19.3 Å². The second-order valence-corrected chi connectivity index (χ2v) is 15.3. The summed E-state index contributed by atoms with van der Waals surface area (Å²) in [7, 11) is -2.24. The number of benzene rings is 5. The molecule has 0 aliphatic carbocycles. The van der Waals surface area contributed by atoms with Gasteiger partial charge in [-0.1, -0.05) is 135 Å². The highest BCUT2D eigenvalue weighted by Gasteiger charge is 2.38. The van der Waals surface area contributed by atoms with Crippen molar-refractivity contribution in [2.45, 2.75) is 70.6 Å². The van der Waals surface area contributed by atoms with Crippen LogP contribution in [0.4, 0.5) is 0 Å². The number of H-pyrrole nitrogens is 1. The minimum atomic E-state index is -2.24. The van der Waals surface area contributed by atoms with E-state index in [-0.39, 0.29) is 31.5 Å². The van der Waals surface area contributed by atoms with Crippen molar-refractivity contribution in [1.82, 2.24) is 15.6 Å². The van der Waals surface area contributed by atoms with E-state index in [2.05, 4.69) is 39.9 Å². The molecule has 0 fully saturated rings. The molecule has 53 heavy (non-hydrogen) atoms. The van der Waals surface area contributed by atoms with Crippen LogP contribution in [0.25, 0.3) is 21.7 Å². The van der Waals surface area contributed by atoms with Crippen LogP contribution in [0.15, 0.2) is 134 Å². The van der Waals surface area contributed by atoms with Crippen LogP contribution in [0.1, 0.15) is 48.9 Å². The maximum Gasteiger partial charge on any atom is 0.527 e. The van der Waals surface area contributed by atoms with E-state index >= 15 is 0 Å². The van der Waals surface area contributed by atoms with Crippen LogP contribution in [-0.2, 0) is 49.5 Å². The van der Waals surface area contributed by atoms with Crippen molar-refractivity contribution in [3.63, 3.8) is 0 Å². The first kappa shape index (κ1) is 37.6. The molecule has 0 saturated heterocycles. The Balaban J connectivity index is 1.23. The molecule has 0 aliphatic rings. The summed E-state index contributed by atoms with van der Waals surface area (Å²) >= 11 is 0. The number of hydrogen-bond acceptors (Lipinski definition) is 6. The quantitative estimate of drug-likeness (QED) is 0.0602. The third-order valence-electron chi connectivity index (χ3n) is 9.36. The molecule has 2 unspecified atom stereocenters. The van der Waals surface area contributed by atoms with Crippen molar-refractivity contribution in [1.29, 1.82) is 0 Å². The van der Waals surface area contributed by atoms with Crippen molar-refractivity contribution >= 4 is 41.6 Å². The number of esters is 1. The number of carbonyl (C=O) groups excluding carboxylic acids is 2. The molecular weight excluding hydrogens is 681 g/mol. The van der Waals surface area contributed by atoms with Crippen molar-refractivity contribution in [3.8, 4) is 0 Å². The Morgan fingerprint density at radius 1 is 0.717 bits per heavy atom. The van der Waals surface area contributed by atoms with Gasteiger partial charge in [0, 0.05) is 29.9 Å². The summed E-state index contributed by atoms with van der Waals surface area (Å²) in [5, 5.41) is 9.73. The summed E-state index contributed by atoms with van der Waals surface area (Å²) in [6.45, 7) is 4.35. The SMILES string of the molecule is CC(C)C[C@H](NC(CCc1cccc2ccccc12)[P+](=O)OCc1ccccc1)C(=O)N[C@@H](Cc1c[nH]c2ccccc12)C(=O)OCc1ccccc1. The summed E-state index contributed by atoms with van der Waals surface area (Å²) in [5.41, 5.74) is 4.73. The molecule has 1 amide bonds. The molecule has 5 aromatic carbocycles. The first-order valence-corrected chi connectivity index (χ1v) is 19.5. The van der Waals surface area contributed by atoms with Crippen LogP contribution in [0.3, 0.4) is 0 Å². The van der Waals surface area contributed by atoms with Crippen LogP contribution in [0, 0.1) is 5.92 Å². The number of aryl methyl sites for hydroxylation is 1. The van der Waals surface area contributed by atoms with Gasteiger partial charge in [-0.25, -0.2) is 4.79 Å². The number of aromatic amines is 1. The zero-order valence-corrected chi connectivity index (χ0v) is 31.1. The first-order chi connectivity index (χ1) is 25.8. The number of carbonyl (C=O) groups is 2. The third-order valence-corrected chi connectivity index (χ3v) is 10.7. The topological polar surface area (TPSA) is 110 Å². The van der Waals surface area contributed by atoms with Gasteiger partial charge in [-0.15, -0.1) is 4.52 Å². The van der Waals surface area contributed by atoms with E-state index in [1.807, 2.05) is 123 Å². The fourth-order valence-corrected chi connectivity index (χ4v) is 7.72. The van der Waals surface area contributed by atoms with Gasteiger partial charge < -0.3 is 15.0 Å². The van der Waals surface area contributed by atoms with Crippen LogP contribution in [0.2, 0.25) is 0 Å². The van der Waals surface area contributed by atoms with E-state index in [1.54, 1.807) is 0 Å². The van der Waals surface area contributed by atoms with E-state index in [4.69, 9.17) is 9.26 Å². The maximum atomic E-state index is 14.3. The minimum absolute atomic E-state index is 0.0864. The van der Waals surface area contributed by atoms with Gasteiger partial charge >= 0.3 is 14.0 Å². The van der Waals surface area contributed by atoms with Crippen LogP contribution >= 0.6 is 8.03 Å². The van der Waals surface area contributed by atoms with Crippen LogP contribution < -0.4 is 10.6 Å². The van der Waals surface area contributed by atoms with Gasteiger partial charge in [-0.3, -0.25) is 10.1 Å². The van der Waals surface area contributed by atoms with Gasteiger partial charge in [0.2, 0.25) is 11.7 Å². The molecular formula is C44H47N3O5P+. The second kappa shape index (κ2) is 18.6. The molecule has 0 bridgehead atoms. The molecule has 1 aromatic heterocycles. The lowest BCUT2D eigenvalue weighted by Gasteiger charge is -2.25. The number of hydrogen-bond donors (Lipinski definition) is 3. The number of nitrogens with one attached hydrogen (secondary N) is 3. The lowest BCUT2D eigenvalue weighted by molar-refractivity contribution is -0.149. The van der Waals surface area contributed by atoms with Crippen molar-refractivity contribution < 1.29 is 23.4 Å². The molecule has 8 nitrogen and oxygen atoms in total. The van der Waals surface area contributed by atoms with E-state index in [1.165, 1.54) is 0 Å². The molecule has 9 heteroatoms. The summed E-state index contributed by atoms with van der Waals surface area (Å²) in [6, 6.07) is 39.7. The van der Waals surface area contributed by atoms with Gasteiger partial charge in [0.25, 0.3) is 0 Å². The van der Waals surface area contributed by atoms with E-state index in [9.17, 15) is 14.2 Å². The second-order valence-electron chi connectivity index (χ2n) is 13.8. The Labute approximate surface area is 312 Å². The first-order valence-electron chi connectivity index (χ1n) is 18.3. The molecule has 0 radical (unpaired) electrons. The standard InChI is InChI=1S/C44H46N3O5P/c1-31(2)26-40(43(48)47-41(44(49)51-29-32-14-5-3-6-15-32)27-36-28-45-39-23-12-11-22-38(36)39)46-42(53(50)52-30-33-16-7-4-8-17-33)25-24-35-20-13-19-34-18-9-10-21-37(34)35/h3-23,28,31,40-42,45-46H,24-27,29-30H2,1-2H3/p+1/t40-,41-,42?/m0/s1. The Bertz CT molecular complexity index is 2110. The highest BCUT2D eigenvalue weighted by Crippen LogP contribution is 2.34. The molecule has 0 saturated carbocycles. The number of ether oxygens (including phenoxy) is 1. The smallest absolute Gasteiger partial charge is 0.459 e. The summed E-state index contributed by atoms with van der Waals surface area (Å²) < 4.78 is 25.8. The largest absolute Gasteiger partial charge is 0.527 e. The highest BCUT2D eigenvalue weighted by atomic mass is 31.1. The highest BCUT2D eigenvalue weighted by molar-refractivity contribution is 7.39. The summed E-state index contributed by atoms with van der Waals surface area (Å²) in [6.07, 6.45) is 3.65. The van der Waals surface area contributed by atoms with Crippen LogP contribution in [0.5, 0.6) is 0 Å². The third kappa shape index (κ3) is 10.5. The Morgan fingerprint density at radius 3 is 2.09 bits per heavy atom. The lowest BCUT2D eigenvalue weighted by Crippen LogP contribution is -2.53. The average Bonchev–Trinajstić information content (AvgIpc) is 3.60. The Morgan fingerprint density at radius 2 is 1.36 bits per heavy atom. The molecule has 0 spiro atoms. The number of amides is 1. The number of aromatic nitrogens is 1. The molecule has 6 aromatic rings. The van der Waals surface area contributed by atoms with Crippen molar-refractivity contribution in [2.75, 3.05) is 0 Å². The van der Waals surface area contributed by atoms with Crippen molar-refractivity contribution in [2.24, 2.45) is 5.92 Å². The monoisotopic (exact) mass is 728 g/mol. The van der Waals surface area contributed by atoms with Gasteiger partial charge in [-0.2, -0.15) is 0 Å². The Hall–Kier alpha value is -5.14. The fourth-order valence-electron chi connectivity index (χ4n) is 6.62. The maximum absolute atomic E-state index is 14.3. The fraction of sp³-hybridized carbons (Fsp3) is 0.273. The predicted octanol–water partition coefficient (Wildman–Crippen LogP) is 9.01. The Kier molecular flexibility index (Phi) is 13.2. The van der Waals surface area contributed by atoms with E-state index < -0.39 is 31.9 Å². The van der Waals surface area contributed by atoms with Crippen molar-refractivity contribution in [3.05, 3.63) is 156 Å². The van der Waals surface area contributed by atoms with Gasteiger partial charge in [0.15, 0.2) is 0 Å². The van der Waals surface area contributed by atoms with E-state index in [0.717, 1.165) is 43.9 Å². The van der Waals surface area contributed by atoms with Gasteiger partial charge in [-0.05, 0) is 62.4 Å². The molecule has 3 N–H and O–H groups in total. The summed E-state index contributed by atoms with van der Waals surface area (Å²) in [4.78, 5) is 31.3. The normalized spacial score (nSPS) is 13.5.